The Morgan fingerprint density at radius 3 is 2.61 bits per heavy atom. The molecule has 4 rings (SSSR count). The third-order valence-electron chi connectivity index (χ3n) is 6.10. The van der Waals surface area contributed by atoms with Gasteiger partial charge < -0.3 is 9.52 Å². The third kappa shape index (κ3) is 4.54. The zero-order valence-corrected chi connectivity index (χ0v) is 18.3. The van der Waals surface area contributed by atoms with E-state index < -0.39 is 21.6 Å². The molecule has 1 aromatic carbocycles. The summed E-state index contributed by atoms with van der Waals surface area (Å²) in [5, 5.41) is 11.1. The number of carbonyl (C=O) groups is 1. The van der Waals surface area contributed by atoms with E-state index in [4.69, 9.17) is 4.42 Å². The molecule has 166 valence electrons. The number of nitrogens with one attached hydrogen (secondary N) is 1. The van der Waals surface area contributed by atoms with Crippen LogP contribution in [0.2, 0.25) is 0 Å². The van der Waals surface area contributed by atoms with E-state index in [0.29, 0.717) is 24.1 Å². The number of hydrogen-bond donors (Lipinski definition) is 2. The highest BCUT2D eigenvalue weighted by molar-refractivity contribution is 7.92. The third-order valence-corrected chi connectivity index (χ3v) is 7.40. The smallest absolute Gasteiger partial charge is 0.343 e. The van der Waals surface area contributed by atoms with Crippen LogP contribution in [0.3, 0.4) is 0 Å². The van der Waals surface area contributed by atoms with Gasteiger partial charge in [0.2, 0.25) is 10.0 Å². The second-order valence-corrected chi connectivity index (χ2v) is 10.4. The molecule has 8 heteroatoms. The van der Waals surface area contributed by atoms with Crippen molar-refractivity contribution in [3.8, 4) is 5.75 Å². The summed E-state index contributed by atoms with van der Waals surface area (Å²) in [7, 11) is -3.45. The van der Waals surface area contributed by atoms with Crippen molar-refractivity contribution in [1.29, 1.82) is 0 Å². The number of rotatable bonds is 6. The number of Topliss-reactive ketones (excluding diaryl/α,β-unsaturated/α-hetero) is 1. The lowest BCUT2D eigenvalue weighted by Crippen LogP contribution is -2.21. The summed E-state index contributed by atoms with van der Waals surface area (Å²) < 4.78 is 32.1. The van der Waals surface area contributed by atoms with Crippen molar-refractivity contribution in [1.82, 2.24) is 0 Å². The number of ketones is 1. The Hall–Kier alpha value is -2.61. The minimum Gasteiger partial charge on any atom is -0.506 e. The van der Waals surface area contributed by atoms with Gasteiger partial charge in [0.15, 0.2) is 5.78 Å². The number of benzene rings is 1. The number of sulfonamides is 1. The maximum Gasteiger partial charge on any atom is 0.343 e. The first-order valence-corrected chi connectivity index (χ1v) is 12.5. The summed E-state index contributed by atoms with van der Waals surface area (Å²) in [5.74, 6) is -0.596. The molecule has 1 aromatic heterocycles. The standard InChI is InChI=1S/C23H27NO6S/c1-2-31(28,29)24-16-8-6-7-15(13-16)19(14-11-12-14)21-22(26)20-17(25)9-4-3-5-10-18(20)30-23(21)27/h6-8,13-14,19,24,26H,2-5,9-12H2,1H3. The highest BCUT2D eigenvalue weighted by atomic mass is 32.2. The summed E-state index contributed by atoms with van der Waals surface area (Å²) in [6.45, 7) is 1.55. The van der Waals surface area contributed by atoms with Crippen LogP contribution in [0.4, 0.5) is 5.69 Å². The maximum atomic E-state index is 13.0. The number of fused-ring (bicyclic) bond motifs is 1. The van der Waals surface area contributed by atoms with Gasteiger partial charge in [0.25, 0.3) is 0 Å². The van der Waals surface area contributed by atoms with Gasteiger partial charge in [0.1, 0.15) is 11.5 Å². The molecule has 1 saturated carbocycles. The van der Waals surface area contributed by atoms with Gasteiger partial charge in [-0.25, -0.2) is 13.2 Å². The number of carbonyl (C=O) groups excluding carboxylic acids is 1. The molecule has 2 aliphatic rings. The van der Waals surface area contributed by atoms with Gasteiger partial charge in [-0.05, 0) is 56.2 Å². The highest BCUT2D eigenvalue weighted by Gasteiger charge is 2.39. The Balaban J connectivity index is 1.82. The van der Waals surface area contributed by atoms with Crippen LogP contribution in [0.15, 0.2) is 33.5 Å². The van der Waals surface area contributed by atoms with Crippen molar-refractivity contribution in [2.45, 2.75) is 57.8 Å². The fraction of sp³-hybridized carbons (Fsp3) is 0.478. The van der Waals surface area contributed by atoms with E-state index in [1.165, 1.54) is 0 Å². The molecule has 2 aromatic rings. The van der Waals surface area contributed by atoms with E-state index in [-0.39, 0.29) is 40.1 Å². The van der Waals surface area contributed by atoms with Crippen LogP contribution in [0.25, 0.3) is 0 Å². The van der Waals surface area contributed by atoms with Gasteiger partial charge >= 0.3 is 5.63 Å². The maximum absolute atomic E-state index is 13.0. The molecule has 0 radical (unpaired) electrons. The average molecular weight is 446 g/mol. The normalized spacial score (nSPS) is 18.0. The van der Waals surface area contributed by atoms with Crippen LogP contribution in [-0.4, -0.2) is 25.1 Å². The van der Waals surface area contributed by atoms with E-state index in [1.54, 1.807) is 25.1 Å². The molecule has 2 N–H and O–H groups in total. The van der Waals surface area contributed by atoms with Crippen LogP contribution >= 0.6 is 0 Å². The van der Waals surface area contributed by atoms with Crippen LogP contribution < -0.4 is 10.3 Å². The lowest BCUT2D eigenvalue weighted by molar-refractivity contribution is 0.0968. The van der Waals surface area contributed by atoms with E-state index in [2.05, 4.69) is 4.72 Å². The van der Waals surface area contributed by atoms with Crippen molar-refractivity contribution in [2.24, 2.45) is 5.92 Å². The molecule has 2 aliphatic carbocycles. The molecule has 1 atom stereocenters. The lowest BCUT2D eigenvalue weighted by atomic mass is 9.85. The first-order chi connectivity index (χ1) is 14.8. The number of aryl methyl sites for hydroxylation is 1. The van der Waals surface area contributed by atoms with Crippen molar-refractivity contribution >= 4 is 21.5 Å². The first-order valence-electron chi connectivity index (χ1n) is 10.8. The fourth-order valence-corrected chi connectivity index (χ4v) is 4.97. The molecule has 0 amide bonds. The number of anilines is 1. The predicted molar refractivity (Wildman–Crippen MR) is 117 cm³/mol. The van der Waals surface area contributed by atoms with Crippen molar-refractivity contribution in [3.05, 3.63) is 57.1 Å². The fourth-order valence-electron chi connectivity index (χ4n) is 4.34. The molecule has 7 nitrogen and oxygen atoms in total. The molecule has 0 saturated heterocycles. The average Bonchev–Trinajstić information content (AvgIpc) is 3.54. The van der Waals surface area contributed by atoms with Crippen LogP contribution in [-0.2, 0) is 16.4 Å². The molecule has 0 aliphatic heterocycles. The largest absolute Gasteiger partial charge is 0.506 e. The molecule has 1 heterocycles. The van der Waals surface area contributed by atoms with E-state index in [0.717, 1.165) is 32.1 Å². The molecule has 1 fully saturated rings. The van der Waals surface area contributed by atoms with Crippen molar-refractivity contribution in [3.63, 3.8) is 0 Å². The van der Waals surface area contributed by atoms with E-state index in [1.807, 2.05) is 6.07 Å². The second-order valence-electron chi connectivity index (χ2n) is 8.38. The molecule has 1 unspecified atom stereocenters. The first kappa shape index (κ1) is 21.6. The monoisotopic (exact) mass is 445 g/mol. The van der Waals surface area contributed by atoms with Gasteiger partial charge in [-0.1, -0.05) is 18.6 Å². The van der Waals surface area contributed by atoms with Crippen LogP contribution in [0, 0.1) is 5.92 Å². The molecule has 31 heavy (non-hydrogen) atoms. The molecular weight excluding hydrogens is 418 g/mol. The summed E-state index contributed by atoms with van der Waals surface area (Å²) in [5.41, 5.74) is 0.727. The summed E-state index contributed by atoms with van der Waals surface area (Å²) >= 11 is 0. The summed E-state index contributed by atoms with van der Waals surface area (Å²) in [6, 6.07) is 6.86. The predicted octanol–water partition coefficient (Wildman–Crippen LogP) is 3.95. The summed E-state index contributed by atoms with van der Waals surface area (Å²) in [4.78, 5) is 25.7. The quantitative estimate of drug-likeness (QED) is 0.696. The minimum atomic E-state index is -3.45. The van der Waals surface area contributed by atoms with E-state index in [9.17, 15) is 23.1 Å². The number of aromatic hydroxyl groups is 1. The second kappa shape index (κ2) is 8.49. The molecule has 0 spiro atoms. The van der Waals surface area contributed by atoms with Crippen molar-refractivity contribution < 1.29 is 22.7 Å². The minimum absolute atomic E-state index is 0.0550. The van der Waals surface area contributed by atoms with Crippen LogP contribution in [0.1, 0.15) is 78.6 Å². The molecular formula is C23H27NO6S. The van der Waals surface area contributed by atoms with Crippen molar-refractivity contribution in [2.75, 3.05) is 10.5 Å². The van der Waals surface area contributed by atoms with Gasteiger partial charge in [-0.15, -0.1) is 0 Å². The van der Waals surface area contributed by atoms with E-state index >= 15 is 0 Å². The zero-order chi connectivity index (χ0) is 22.2. The Morgan fingerprint density at radius 2 is 1.90 bits per heavy atom. The Bertz CT molecular complexity index is 1160. The summed E-state index contributed by atoms with van der Waals surface area (Å²) in [6.07, 6.45) is 4.94. The zero-order valence-electron chi connectivity index (χ0n) is 17.5. The SMILES string of the molecule is CCS(=O)(=O)Nc1cccc(C(c2c(O)c3c(oc2=O)CCCCCC3=O)C2CC2)c1. The van der Waals surface area contributed by atoms with Gasteiger partial charge in [-0.2, -0.15) is 0 Å². The Kier molecular flexibility index (Phi) is 5.92. The van der Waals surface area contributed by atoms with Crippen LogP contribution in [0.5, 0.6) is 5.75 Å². The highest BCUT2D eigenvalue weighted by Crippen LogP contribution is 2.49. The topological polar surface area (TPSA) is 114 Å². The molecule has 0 bridgehead atoms. The lowest BCUT2D eigenvalue weighted by Gasteiger charge is -2.21. The van der Waals surface area contributed by atoms with Gasteiger partial charge in [-0.3, -0.25) is 9.52 Å². The van der Waals surface area contributed by atoms with Gasteiger partial charge in [0.05, 0.1) is 16.9 Å². The number of hydrogen-bond acceptors (Lipinski definition) is 6. The Labute approximate surface area is 181 Å². The van der Waals surface area contributed by atoms with Gasteiger partial charge in [0, 0.05) is 24.4 Å². The Morgan fingerprint density at radius 1 is 1.16 bits per heavy atom.